The number of hydrogen-bond donors (Lipinski definition) is 0. The lowest BCUT2D eigenvalue weighted by atomic mass is 9.98. The highest BCUT2D eigenvalue weighted by atomic mass is 19.1. The van der Waals surface area contributed by atoms with Crippen molar-refractivity contribution in [1.29, 1.82) is 0 Å². The summed E-state index contributed by atoms with van der Waals surface area (Å²) in [5.74, 6) is -0.379. The maximum atomic E-state index is 13.2. The molecule has 4 heteroatoms. The van der Waals surface area contributed by atoms with Crippen LogP contribution in [0.4, 0.5) is 4.39 Å². The molecule has 0 aromatic heterocycles. The van der Waals surface area contributed by atoms with Crippen molar-refractivity contribution in [2.24, 2.45) is 0 Å². The van der Waals surface area contributed by atoms with Crippen LogP contribution in [0, 0.1) is 5.82 Å². The summed E-state index contributed by atoms with van der Waals surface area (Å²) < 4.78 is 17.9. The quantitative estimate of drug-likeness (QED) is 0.784. The summed E-state index contributed by atoms with van der Waals surface area (Å²) in [6, 6.07) is 6.87. The van der Waals surface area contributed by atoms with E-state index in [1.165, 1.54) is 13.2 Å². The maximum Gasteiger partial charge on any atom is 0.307 e. The molecule has 1 aliphatic heterocycles. The predicted octanol–water partition coefficient (Wildman–Crippen LogP) is 2.74. The highest BCUT2D eigenvalue weighted by molar-refractivity contribution is 5.69. The van der Waals surface area contributed by atoms with Gasteiger partial charge in [-0.25, -0.2) is 4.39 Å². The number of piperidine rings is 1. The molecule has 1 unspecified atom stereocenters. The van der Waals surface area contributed by atoms with Crippen LogP contribution in [0.5, 0.6) is 0 Å². The topological polar surface area (TPSA) is 29.5 Å². The van der Waals surface area contributed by atoms with Crippen LogP contribution in [0.2, 0.25) is 0 Å². The molecule has 1 atom stereocenters. The molecule has 0 radical (unpaired) electrons. The van der Waals surface area contributed by atoms with Crippen molar-refractivity contribution in [3.8, 4) is 0 Å². The van der Waals surface area contributed by atoms with Crippen LogP contribution in [-0.4, -0.2) is 30.6 Å². The lowest BCUT2D eigenvalue weighted by molar-refractivity contribution is -0.142. The number of rotatable bonds is 4. The molecule has 0 aliphatic carbocycles. The van der Waals surface area contributed by atoms with E-state index in [1.807, 2.05) is 6.07 Å². The molecule has 1 aromatic rings. The Labute approximate surface area is 113 Å². The minimum absolute atomic E-state index is 0.170. The average Bonchev–Trinajstić information content (AvgIpc) is 2.41. The van der Waals surface area contributed by atoms with Crippen molar-refractivity contribution >= 4 is 5.97 Å². The van der Waals surface area contributed by atoms with Gasteiger partial charge in [0, 0.05) is 12.6 Å². The molecule has 3 nitrogen and oxygen atoms in total. The third kappa shape index (κ3) is 4.03. The summed E-state index contributed by atoms with van der Waals surface area (Å²) in [7, 11) is 1.42. The summed E-state index contributed by atoms with van der Waals surface area (Å²) in [5.41, 5.74) is 0.955. The van der Waals surface area contributed by atoms with E-state index in [0.717, 1.165) is 31.4 Å². The summed E-state index contributed by atoms with van der Waals surface area (Å²) in [6.45, 7) is 1.65. The summed E-state index contributed by atoms with van der Waals surface area (Å²) in [5, 5.41) is 0. The van der Waals surface area contributed by atoms with Gasteiger partial charge in [-0.3, -0.25) is 9.69 Å². The SMILES string of the molecule is COC(=O)CC1CCCCN1Cc1cccc(F)c1. The Balaban J connectivity index is 2.01. The van der Waals surface area contributed by atoms with Crippen LogP contribution >= 0.6 is 0 Å². The zero-order chi connectivity index (χ0) is 13.7. The minimum atomic E-state index is -0.209. The molecule has 1 aromatic carbocycles. The van der Waals surface area contributed by atoms with E-state index in [-0.39, 0.29) is 17.8 Å². The molecule has 0 bridgehead atoms. The Morgan fingerprint density at radius 1 is 1.47 bits per heavy atom. The van der Waals surface area contributed by atoms with E-state index in [0.29, 0.717) is 13.0 Å². The van der Waals surface area contributed by atoms with E-state index in [1.54, 1.807) is 12.1 Å². The van der Waals surface area contributed by atoms with Gasteiger partial charge in [0.05, 0.1) is 13.5 Å². The number of carbonyl (C=O) groups is 1. The van der Waals surface area contributed by atoms with Crippen LogP contribution in [0.25, 0.3) is 0 Å². The van der Waals surface area contributed by atoms with E-state index in [4.69, 9.17) is 4.74 Å². The van der Waals surface area contributed by atoms with Gasteiger partial charge in [-0.05, 0) is 37.1 Å². The second-order valence-electron chi connectivity index (χ2n) is 5.03. The van der Waals surface area contributed by atoms with E-state index >= 15 is 0 Å². The third-order valence-electron chi connectivity index (χ3n) is 3.65. The zero-order valence-corrected chi connectivity index (χ0v) is 11.3. The van der Waals surface area contributed by atoms with Gasteiger partial charge in [-0.2, -0.15) is 0 Å². The number of hydrogen-bond acceptors (Lipinski definition) is 3. The highest BCUT2D eigenvalue weighted by Crippen LogP contribution is 2.22. The summed E-state index contributed by atoms with van der Waals surface area (Å²) in [6.07, 6.45) is 3.70. The Kier molecular flexibility index (Phi) is 4.91. The van der Waals surface area contributed by atoms with E-state index < -0.39 is 0 Å². The van der Waals surface area contributed by atoms with Crippen LogP contribution in [0.1, 0.15) is 31.2 Å². The Morgan fingerprint density at radius 2 is 2.32 bits per heavy atom. The van der Waals surface area contributed by atoms with Crippen molar-refractivity contribution in [3.63, 3.8) is 0 Å². The van der Waals surface area contributed by atoms with Crippen molar-refractivity contribution in [3.05, 3.63) is 35.6 Å². The number of nitrogens with zero attached hydrogens (tertiary/aromatic N) is 1. The van der Waals surface area contributed by atoms with Gasteiger partial charge in [-0.15, -0.1) is 0 Å². The number of methoxy groups -OCH3 is 1. The molecular weight excluding hydrogens is 245 g/mol. The second kappa shape index (κ2) is 6.66. The fourth-order valence-electron chi connectivity index (χ4n) is 2.64. The highest BCUT2D eigenvalue weighted by Gasteiger charge is 2.25. The largest absolute Gasteiger partial charge is 0.469 e. The van der Waals surface area contributed by atoms with Crippen molar-refractivity contribution in [2.75, 3.05) is 13.7 Å². The fraction of sp³-hybridized carbons (Fsp3) is 0.533. The Morgan fingerprint density at radius 3 is 3.05 bits per heavy atom. The van der Waals surface area contributed by atoms with Crippen LogP contribution < -0.4 is 0 Å². The van der Waals surface area contributed by atoms with Crippen molar-refractivity contribution in [1.82, 2.24) is 4.90 Å². The van der Waals surface area contributed by atoms with E-state index in [2.05, 4.69) is 4.90 Å². The van der Waals surface area contributed by atoms with Gasteiger partial charge in [0.25, 0.3) is 0 Å². The fourth-order valence-corrected chi connectivity index (χ4v) is 2.64. The van der Waals surface area contributed by atoms with Gasteiger partial charge in [0.15, 0.2) is 0 Å². The van der Waals surface area contributed by atoms with Gasteiger partial charge in [0.1, 0.15) is 5.82 Å². The van der Waals surface area contributed by atoms with Gasteiger partial charge < -0.3 is 4.74 Å². The van der Waals surface area contributed by atoms with Crippen molar-refractivity contribution in [2.45, 2.75) is 38.3 Å². The molecule has 0 saturated carbocycles. The lowest BCUT2D eigenvalue weighted by Gasteiger charge is -2.35. The first-order chi connectivity index (χ1) is 9.19. The first kappa shape index (κ1) is 14.0. The normalized spacial score (nSPS) is 20.2. The van der Waals surface area contributed by atoms with Crippen LogP contribution in [0.15, 0.2) is 24.3 Å². The standard InChI is InChI=1S/C15H20FNO2/c1-19-15(18)10-14-7-2-3-8-17(14)11-12-5-4-6-13(16)9-12/h4-6,9,14H,2-3,7-8,10-11H2,1H3. The smallest absolute Gasteiger partial charge is 0.307 e. The summed E-state index contributed by atoms with van der Waals surface area (Å²) in [4.78, 5) is 13.7. The molecule has 1 saturated heterocycles. The van der Waals surface area contributed by atoms with Gasteiger partial charge in [0.2, 0.25) is 0 Å². The molecule has 1 fully saturated rings. The monoisotopic (exact) mass is 265 g/mol. The molecule has 2 rings (SSSR count). The number of esters is 1. The number of benzene rings is 1. The molecule has 0 amide bonds. The number of likely N-dealkylation sites (tertiary alicyclic amines) is 1. The number of carbonyl (C=O) groups excluding carboxylic acids is 1. The molecule has 1 heterocycles. The number of halogens is 1. The van der Waals surface area contributed by atoms with Gasteiger partial charge in [-0.1, -0.05) is 18.6 Å². The minimum Gasteiger partial charge on any atom is -0.469 e. The summed E-state index contributed by atoms with van der Waals surface area (Å²) >= 11 is 0. The molecule has 19 heavy (non-hydrogen) atoms. The average molecular weight is 265 g/mol. The maximum absolute atomic E-state index is 13.2. The predicted molar refractivity (Wildman–Crippen MR) is 71.1 cm³/mol. The first-order valence-corrected chi connectivity index (χ1v) is 6.74. The number of ether oxygens (including phenoxy) is 1. The van der Waals surface area contributed by atoms with Crippen LogP contribution in [-0.2, 0) is 16.1 Å². The van der Waals surface area contributed by atoms with Gasteiger partial charge >= 0.3 is 5.97 Å². The Hall–Kier alpha value is -1.42. The molecule has 1 aliphatic rings. The molecule has 104 valence electrons. The second-order valence-corrected chi connectivity index (χ2v) is 5.03. The zero-order valence-electron chi connectivity index (χ0n) is 11.3. The third-order valence-corrected chi connectivity index (χ3v) is 3.65. The molecular formula is C15H20FNO2. The molecule has 0 spiro atoms. The lowest BCUT2D eigenvalue weighted by Crippen LogP contribution is -2.40. The molecule has 0 N–H and O–H groups in total. The van der Waals surface area contributed by atoms with Crippen molar-refractivity contribution < 1.29 is 13.9 Å². The Bertz CT molecular complexity index is 436. The first-order valence-electron chi connectivity index (χ1n) is 6.74. The van der Waals surface area contributed by atoms with E-state index in [9.17, 15) is 9.18 Å². The van der Waals surface area contributed by atoms with Crippen LogP contribution in [0.3, 0.4) is 0 Å².